The van der Waals surface area contributed by atoms with Crippen LogP contribution >= 0.6 is 12.2 Å². The normalized spacial score (nSPS) is 18.0. The maximum Gasteiger partial charge on any atom is 0.338 e. The summed E-state index contributed by atoms with van der Waals surface area (Å²) in [4.78, 5) is 12.4. The predicted molar refractivity (Wildman–Crippen MR) is 88.2 cm³/mol. The quantitative estimate of drug-likeness (QED) is 0.584. The van der Waals surface area contributed by atoms with Crippen LogP contribution in [0.1, 0.15) is 32.4 Å². The number of rotatable bonds is 4. The van der Waals surface area contributed by atoms with Crippen molar-refractivity contribution in [2.75, 3.05) is 6.61 Å². The molecule has 0 radical (unpaired) electrons. The number of carbonyl (C=O) groups is 1. The van der Waals surface area contributed by atoms with Crippen molar-refractivity contribution in [2.45, 2.75) is 26.8 Å². The lowest BCUT2D eigenvalue weighted by atomic mass is 9.95. The van der Waals surface area contributed by atoms with E-state index in [2.05, 4.69) is 10.6 Å². The highest BCUT2D eigenvalue weighted by Gasteiger charge is 2.31. The molecule has 1 aliphatic rings. The van der Waals surface area contributed by atoms with E-state index in [9.17, 15) is 9.90 Å². The molecule has 22 heavy (non-hydrogen) atoms. The first-order valence-electron chi connectivity index (χ1n) is 7.12. The molecule has 1 unspecified atom stereocenters. The van der Waals surface area contributed by atoms with Gasteiger partial charge in [-0.2, -0.15) is 0 Å². The lowest BCUT2D eigenvalue weighted by Gasteiger charge is -2.30. The number of benzene rings is 1. The van der Waals surface area contributed by atoms with E-state index in [1.165, 1.54) is 0 Å². The smallest absolute Gasteiger partial charge is 0.338 e. The van der Waals surface area contributed by atoms with Crippen molar-refractivity contribution in [3.8, 4) is 5.75 Å². The van der Waals surface area contributed by atoms with Gasteiger partial charge in [-0.05, 0) is 42.8 Å². The average molecular weight is 320 g/mol. The molecule has 1 aromatic carbocycles. The van der Waals surface area contributed by atoms with Crippen LogP contribution in [0.4, 0.5) is 0 Å². The molecule has 6 heteroatoms. The van der Waals surface area contributed by atoms with Crippen LogP contribution in [0.2, 0.25) is 0 Å². The van der Waals surface area contributed by atoms with Crippen molar-refractivity contribution in [3.63, 3.8) is 0 Å². The minimum Gasteiger partial charge on any atom is -0.508 e. The molecular formula is C16H20N2O3S. The summed E-state index contributed by atoms with van der Waals surface area (Å²) < 4.78 is 5.35. The van der Waals surface area contributed by atoms with E-state index in [1.54, 1.807) is 25.1 Å². The molecule has 1 aliphatic heterocycles. The molecule has 2 rings (SSSR count). The van der Waals surface area contributed by atoms with Crippen molar-refractivity contribution < 1.29 is 14.6 Å². The number of hydrogen-bond acceptors (Lipinski definition) is 4. The number of nitrogens with one attached hydrogen (secondary N) is 2. The SMILES string of the molecule is CC1=C(C(=O)OCC(C)C)C(c2cccc(O)c2)NC(=S)N1. The Hall–Kier alpha value is -2.08. The summed E-state index contributed by atoms with van der Waals surface area (Å²) in [5, 5.41) is 16.1. The van der Waals surface area contributed by atoms with Crippen molar-refractivity contribution in [2.24, 2.45) is 5.92 Å². The van der Waals surface area contributed by atoms with Crippen LogP contribution in [0.25, 0.3) is 0 Å². The van der Waals surface area contributed by atoms with Gasteiger partial charge < -0.3 is 20.5 Å². The molecule has 0 saturated carbocycles. The summed E-state index contributed by atoms with van der Waals surface area (Å²) in [6.07, 6.45) is 0. The standard InChI is InChI=1S/C16H20N2O3S/c1-9(2)8-21-15(20)13-10(3)17-16(22)18-14(13)11-5-4-6-12(19)7-11/h4-7,9,14,19H,8H2,1-3H3,(H2,17,18,22). The van der Waals surface area contributed by atoms with E-state index in [-0.39, 0.29) is 17.6 Å². The average Bonchev–Trinajstić information content (AvgIpc) is 2.44. The fourth-order valence-electron chi connectivity index (χ4n) is 2.24. The van der Waals surface area contributed by atoms with Crippen LogP contribution < -0.4 is 10.6 Å². The van der Waals surface area contributed by atoms with E-state index in [0.29, 0.717) is 23.0 Å². The van der Waals surface area contributed by atoms with E-state index in [4.69, 9.17) is 17.0 Å². The first kappa shape index (κ1) is 16.3. The first-order valence-corrected chi connectivity index (χ1v) is 7.53. The van der Waals surface area contributed by atoms with Gasteiger partial charge >= 0.3 is 5.97 Å². The van der Waals surface area contributed by atoms with E-state index < -0.39 is 6.04 Å². The summed E-state index contributed by atoms with van der Waals surface area (Å²) in [6, 6.07) is 6.30. The Kier molecular flexibility index (Phi) is 5.03. The molecule has 1 aromatic rings. The Morgan fingerprint density at radius 2 is 2.18 bits per heavy atom. The summed E-state index contributed by atoms with van der Waals surface area (Å²) in [6.45, 7) is 6.10. The number of hydrogen-bond donors (Lipinski definition) is 3. The third-order valence-corrected chi connectivity index (χ3v) is 3.46. The Labute approximate surface area is 135 Å². The van der Waals surface area contributed by atoms with Gasteiger partial charge in [0.15, 0.2) is 5.11 Å². The molecule has 0 spiro atoms. The summed E-state index contributed by atoms with van der Waals surface area (Å²) >= 11 is 5.17. The van der Waals surface area contributed by atoms with Gasteiger partial charge in [0, 0.05) is 5.70 Å². The minimum absolute atomic E-state index is 0.135. The van der Waals surface area contributed by atoms with Crippen LogP contribution in [0.3, 0.4) is 0 Å². The second kappa shape index (κ2) is 6.79. The van der Waals surface area contributed by atoms with Crippen LogP contribution in [-0.4, -0.2) is 22.8 Å². The number of ether oxygens (including phenoxy) is 1. The monoisotopic (exact) mass is 320 g/mol. The number of aromatic hydroxyl groups is 1. The fraction of sp³-hybridized carbons (Fsp3) is 0.375. The molecule has 0 aliphatic carbocycles. The zero-order valence-electron chi connectivity index (χ0n) is 12.8. The molecule has 0 saturated heterocycles. The van der Waals surface area contributed by atoms with E-state index in [0.717, 1.165) is 5.56 Å². The summed E-state index contributed by atoms with van der Waals surface area (Å²) in [7, 11) is 0. The number of phenolic OH excluding ortho intramolecular Hbond substituents is 1. The third kappa shape index (κ3) is 3.76. The highest BCUT2D eigenvalue weighted by Crippen LogP contribution is 2.29. The zero-order valence-corrected chi connectivity index (χ0v) is 13.7. The van der Waals surface area contributed by atoms with Gasteiger partial charge in [0.05, 0.1) is 18.2 Å². The van der Waals surface area contributed by atoms with Gasteiger partial charge in [0.2, 0.25) is 0 Å². The highest BCUT2D eigenvalue weighted by atomic mass is 32.1. The predicted octanol–water partition coefficient (Wildman–Crippen LogP) is 2.38. The molecule has 1 heterocycles. The summed E-state index contributed by atoms with van der Waals surface area (Å²) in [5.74, 6) is 0.00741. The van der Waals surface area contributed by atoms with Gasteiger partial charge in [-0.15, -0.1) is 0 Å². The number of esters is 1. The molecule has 0 fully saturated rings. The van der Waals surface area contributed by atoms with Gasteiger partial charge in [-0.1, -0.05) is 26.0 Å². The molecule has 3 N–H and O–H groups in total. The molecule has 118 valence electrons. The van der Waals surface area contributed by atoms with Gasteiger partial charge in [-0.25, -0.2) is 4.79 Å². The van der Waals surface area contributed by atoms with Crippen LogP contribution in [0.15, 0.2) is 35.5 Å². The maximum absolute atomic E-state index is 12.4. The third-order valence-electron chi connectivity index (χ3n) is 3.24. The Balaban J connectivity index is 2.34. The van der Waals surface area contributed by atoms with E-state index in [1.807, 2.05) is 19.9 Å². The molecule has 1 atom stereocenters. The minimum atomic E-state index is -0.444. The lowest BCUT2D eigenvalue weighted by molar-refractivity contribution is -0.140. The number of carbonyl (C=O) groups excluding carboxylic acids is 1. The van der Waals surface area contributed by atoms with Crippen LogP contribution in [0.5, 0.6) is 5.75 Å². The highest BCUT2D eigenvalue weighted by molar-refractivity contribution is 7.80. The number of thiocarbonyl (C=S) groups is 1. The molecule has 0 amide bonds. The maximum atomic E-state index is 12.4. The molecule has 0 bridgehead atoms. The molecule has 5 nitrogen and oxygen atoms in total. The largest absolute Gasteiger partial charge is 0.508 e. The Bertz CT molecular complexity index is 626. The van der Waals surface area contributed by atoms with Gasteiger partial charge in [-0.3, -0.25) is 0 Å². The van der Waals surface area contributed by atoms with E-state index >= 15 is 0 Å². The zero-order chi connectivity index (χ0) is 16.3. The number of allylic oxidation sites excluding steroid dienone is 1. The fourth-order valence-corrected chi connectivity index (χ4v) is 2.51. The van der Waals surface area contributed by atoms with Crippen molar-refractivity contribution in [3.05, 3.63) is 41.1 Å². The van der Waals surface area contributed by atoms with Crippen molar-refractivity contribution in [1.82, 2.24) is 10.6 Å². The lowest BCUT2D eigenvalue weighted by Crippen LogP contribution is -2.45. The first-order chi connectivity index (χ1) is 10.4. The topological polar surface area (TPSA) is 70.6 Å². The number of phenols is 1. The van der Waals surface area contributed by atoms with Crippen LogP contribution in [0, 0.1) is 5.92 Å². The summed E-state index contributed by atoms with van der Waals surface area (Å²) in [5.41, 5.74) is 1.88. The molecule has 0 aromatic heterocycles. The van der Waals surface area contributed by atoms with Gasteiger partial charge in [0.1, 0.15) is 5.75 Å². The van der Waals surface area contributed by atoms with Crippen LogP contribution in [-0.2, 0) is 9.53 Å². The Morgan fingerprint density at radius 1 is 1.45 bits per heavy atom. The second-order valence-electron chi connectivity index (χ2n) is 5.66. The van der Waals surface area contributed by atoms with Crippen molar-refractivity contribution in [1.29, 1.82) is 0 Å². The second-order valence-corrected chi connectivity index (χ2v) is 6.07. The van der Waals surface area contributed by atoms with Crippen molar-refractivity contribution >= 4 is 23.3 Å². The molecular weight excluding hydrogens is 300 g/mol. The Morgan fingerprint density at radius 3 is 2.82 bits per heavy atom. The van der Waals surface area contributed by atoms with Gasteiger partial charge in [0.25, 0.3) is 0 Å².